The van der Waals surface area contributed by atoms with Gasteiger partial charge in [0, 0.05) is 22.6 Å². The molecule has 0 fully saturated rings. The van der Waals surface area contributed by atoms with Crippen molar-refractivity contribution in [2.24, 2.45) is 0 Å². The van der Waals surface area contributed by atoms with Crippen molar-refractivity contribution in [1.29, 1.82) is 0 Å². The van der Waals surface area contributed by atoms with Gasteiger partial charge in [-0.1, -0.05) is 17.7 Å². The largest absolute Gasteiger partial charge is 0.303 e. The molecule has 0 saturated heterocycles. The van der Waals surface area contributed by atoms with Gasteiger partial charge in [-0.2, -0.15) is 0 Å². The Bertz CT molecular complexity index is 559. The average molecular weight is 221 g/mol. The minimum absolute atomic E-state index is 0.0773. The summed E-state index contributed by atoms with van der Waals surface area (Å²) in [6.45, 7) is 1.13. The van der Waals surface area contributed by atoms with Crippen molar-refractivity contribution in [3.8, 4) is 0 Å². The van der Waals surface area contributed by atoms with Crippen molar-refractivity contribution in [3.63, 3.8) is 0 Å². The molecule has 1 aliphatic rings. The maximum atomic E-state index is 11.7. The lowest BCUT2D eigenvalue weighted by molar-refractivity contribution is 0.0900. The normalized spacial score (nSPS) is 15.7. The van der Waals surface area contributed by atoms with Crippen LogP contribution in [0, 0.1) is 0 Å². The molecule has 0 unspecified atom stereocenters. The molecule has 3 nitrogen and oxygen atoms in total. The van der Waals surface area contributed by atoms with E-state index in [0.29, 0.717) is 11.6 Å². The fourth-order valence-corrected chi connectivity index (χ4v) is 2.20. The summed E-state index contributed by atoms with van der Waals surface area (Å²) in [6, 6.07) is 7.64. The number of hydrogen-bond donors (Lipinski definition) is 1. The number of aromatic nitrogens is 1. The summed E-state index contributed by atoms with van der Waals surface area (Å²) in [5.74, 6) is 0.0773. The van der Waals surface area contributed by atoms with Crippen LogP contribution in [0.2, 0.25) is 5.02 Å². The Morgan fingerprint density at radius 2 is 2.13 bits per heavy atom. The Balaban J connectivity index is 2.38. The highest BCUT2D eigenvalue weighted by molar-refractivity contribution is 6.31. The molecule has 0 radical (unpaired) electrons. The van der Waals surface area contributed by atoms with Gasteiger partial charge in [0.05, 0.1) is 12.1 Å². The molecule has 76 valence electrons. The first-order chi connectivity index (χ1) is 7.25. The molecule has 0 bridgehead atoms. The van der Waals surface area contributed by atoms with E-state index in [1.807, 2.05) is 24.3 Å². The highest BCUT2D eigenvalue weighted by Crippen LogP contribution is 2.24. The summed E-state index contributed by atoms with van der Waals surface area (Å²) in [7, 11) is 0. The molecule has 1 aromatic carbocycles. The van der Waals surface area contributed by atoms with Crippen LogP contribution in [0.25, 0.3) is 10.9 Å². The van der Waals surface area contributed by atoms with Gasteiger partial charge in [0.15, 0.2) is 0 Å². The molecule has 0 spiro atoms. The number of carbonyl (C=O) groups is 1. The summed E-state index contributed by atoms with van der Waals surface area (Å²) >= 11 is 5.93. The van der Waals surface area contributed by atoms with Crippen molar-refractivity contribution >= 4 is 28.4 Å². The summed E-state index contributed by atoms with van der Waals surface area (Å²) in [6.07, 6.45) is 0. The first kappa shape index (κ1) is 8.95. The number of nitrogens with one attached hydrogen (secondary N) is 1. The molecule has 0 saturated carbocycles. The molecule has 2 aromatic rings. The Morgan fingerprint density at radius 3 is 3.00 bits per heavy atom. The van der Waals surface area contributed by atoms with E-state index in [2.05, 4.69) is 5.32 Å². The van der Waals surface area contributed by atoms with E-state index < -0.39 is 0 Å². The zero-order valence-corrected chi connectivity index (χ0v) is 8.71. The Labute approximate surface area is 91.6 Å². The van der Waals surface area contributed by atoms with Crippen LogP contribution < -0.4 is 5.32 Å². The topological polar surface area (TPSA) is 34.0 Å². The fraction of sp³-hybridized carbons (Fsp3) is 0.182. The monoisotopic (exact) mass is 220 g/mol. The summed E-state index contributed by atoms with van der Waals surface area (Å²) < 4.78 is 1.75. The predicted octanol–water partition coefficient (Wildman–Crippen LogP) is 2.04. The van der Waals surface area contributed by atoms with Crippen LogP contribution in [-0.2, 0) is 6.54 Å². The Hall–Kier alpha value is -1.32. The predicted molar refractivity (Wildman–Crippen MR) is 59.3 cm³/mol. The molecule has 1 aliphatic heterocycles. The lowest BCUT2D eigenvalue weighted by Gasteiger charge is -2.15. The van der Waals surface area contributed by atoms with E-state index in [0.717, 1.165) is 23.1 Å². The second-order valence-corrected chi connectivity index (χ2v) is 4.11. The van der Waals surface area contributed by atoms with Crippen LogP contribution in [0.5, 0.6) is 0 Å². The summed E-state index contributed by atoms with van der Waals surface area (Å²) in [4.78, 5) is 11.7. The molecule has 3 rings (SSSR count). The molecular weight excluding hydrogens is 212 g/mol. The average Bonchev–Trinajstić information content (AvgIpc) is 2.57. The van der Waals surface area contributed by atoms with Crippen LogP contribution in [0.1, 0.15) is 10.5 Å². The van der Waals surface area contributed by atoms with Gasteiger partial charge >= 0.3 is 0 Å². The minimum atomic E-state index is 0.0773. The number of hydrogen-bond acceptors (Lipinski definition) is 2. The molecule has 1 N–H and O–H groups in total. The van der Waals surface area contributed by atoms with E-state index in [9.17, 15) is 4.79 Å². The highest BCUT2D eigenvalue weighted by atomic mass is 35.5. The van der Waals surface area contributed by atoms with Crippen LogP contribution >= 0.6 is 11.6 Å². The summed E-state index contributed by atoms with van der Waals surface area (Å²) in [5.41, 5.74) is 1.91. The number of fused-ring (bicyclic) bond motifs is 3. The number of carbonyl (C=O) groups excluding carboxylic acids is 1. The quantitative estimate of drug-likeness (QED) is 0.737. The number of nitrogens with zero attached hydrogens (tertiary/aromatic N) is 1. The third-order valence-electron chi connectivity index (χ3n) is 2.67. The Kier molecular flexibility index (Phi) is 1.84. The van der Waals surface area contributed by atoms with Crippen molar-refractivity contribution in [2.45, 2.75) is 6.54 Å². The molecular formula is C11H9ClN2O. The smallest absolute Gasteiger partial charge is 0.245 e. The zero-order chi connectivity index (χ0) is 10.4. The van der Waals surface area contributed by atoms with Gasteiger partial charge in [0.2, 0.25) is 5.91 Å². The molecule has 1 aromatic heterocycles. The molecule has 15 heavy (non-hydrogen) atoms. The van der Waals surface area contributed by atoms with Crippen molar-refractivity contribution in [3.05, 3.63) is 35.0 Å². The van der Waals surface area contributed by atoms with Crippen LogP contribution in [0.4, 0.5) is 0 Å². The number of halogens is 1. The molecule has 0 amide bonds. The second-order valence-electron chi connectivity index (χ2n) is 3.67. The maximum Gasteiger partial charge on any atom is 0.245 e. The van der Waals surface area contributed by atoms with Gasteiger partial charge in [-0.15, -0.1) is 0 Å². The maximum absolute atomic E-state index is 11.7. The first-order valence-electron chi connectivity index (χ1n) is 4.79. The third kappa shape index (κ3) is 1.28. The van der Waals surface area contributed by atoms with Crippen molar-refractivity contribution in [1.82, 2.24) is 9.88 Å². The standard InChI is InChI=1S/C11H9ClN2O/c12-8-2-1-7-3-9-5-13-6-11(15)14(9)10(7)4-8/h1-4,13H,5-6H2. The minimum Gasteiger partial charge on any atom is -0.303 e. The van der Waals surface area contributed by atoms with Gasteiger partial charge in [-0.3, -0.25) is 9.36 Å². The second kappa shape index (κ2) is 3.08. The van der Waals surface area contributed by atoms with Gasteiger partial charge in [-0.25, -0.2) is 0 Å². The number of rotatable bonds is 0. The lowest BCUT2D eigenvalue weighted by atomic mass is 10.2. The van der Waals surface area contributed by atoms with E-state index in [-0.39, 0.29) is 5.91 Å². The lowest BCUT2D eigenvalue weighted by Crippen LogP contribution is -2.34. The van der Waals surface area contributed by atoms with Gasteiger partial charge in [0.1, 0.15) is 0 Å². The fourth-order valence-electron chi connectivity index (χ4n) is 2.03. The van der Waals surface area contributed by atoms with Crippen LogP contribution in [0.3, 0.4) is 0 Å². The molecule has 0 atom stereocenters. The third-order valence-corrected chi connectivity index (χ3v) is 2.91. The zero-order valence-electron chi connectivity index (χ0n) is 7.96. The van der Waals surface area contributed by atoms with Crippen molar-refractivity contribution in [2.75, 3.05) is 6.54 Å². The number of benzene rings is 1. The SMILES string of the molecule is O=C1CNCc2cc3ccc(Cl)cc3n21. The van der Waals surface area contributed by atoms with E-state index in [4.69, 9.17) is 11.6 Å². The highest BCUT2D eigenvalue weighted by Gasteiger charge is 2.18. The molecule has 4 heteroatoms. The molecule has 0 aliphatic carbocycles. The van der Waals surface area contributed by atoms with E-state index in [1.165, 1.54) is 0 Å². The first-order valence-corrected chi connectivity index (χ1v) is 5.17. The van der Waals surface area contributed by atoms with Gasteiger partial charge in [-0.05, 0) is 18.2 Å². The van der Waals surface area contributed by atoms with E-state index >= 15 is 0 Å². The summed E-state index contributed by atoms with van der Waals surface area (Å²) in [5, 5.41) is 4.79. The molecule has 2 heterocycles. The Morgan fingerprint density at radius 1 is 1.27 bits per heavy atom. The van der Waals surface area contributed by atoms with Crippen LogP contribution in [-0.4, -0.2) is 17.0 Å². The van der Waals surface area contributed by atoms with Crippen molar-refractivity contribution < 1.29 is 4.79 Å². The van der Waals surface area contributed by atoms with Gasteiger partial charge < -0.3 is 5.32 Å². The van der Waals surface area contributed by atoms with Gasteiger partial charge in [0.25, 0.3) is 0 Å². The van der Waals surface area contributed by atoms with E-state index in [1.54, 1.807) is 4.57 Å². The van der Waals surface area contributed by atoms with Crippen LogP contribution in [0.15, 0.2) is 24.3 Å².